The van der Waals surface area contributed by atoms with Crippen molar-refractivity contribution in [3.63, 3.8) is 0 Å². The summed E-state index contributed by atoms with van der Waals surface area (Å²) in [6, 6.07) is 9.81. The lowest BCUT2D eigenvalue weighted by Gasteiger charge is -2.42. The summed E-state index contributed by atoms with van der Waals surface area (Å²) < 4.78 is 85.5. The van der Waals surface area contributed by atoms with Crippen molar-refractivity contribution in [3.05, 3.63) is 64.7 Å². The highest BCUT2D eigenvalue weighted by molar-refractivity contribution is 5.37. The molecule has 2 aromatic rings. The van der Waals surface area contributed by atoms with Crippen LogP contribution in [0.15, 0.2) is 42.5 Å². The van der Waals surface area contributed by atoms with E-state index in [0.29, 0.717) is 18.3 Å². The number of nitrogens with one attached hydrogen (secondary N) is 1. The minimum atomic E-state index is -4.87. The van der Waals surface area contributed by atoms with Crippen LogP contribution < -0.4 is 10.1 Å². The second-order valence-electron chi connectivity index (χ2n) is 10.5. The molecule has 2 aromatic carbocycles. The molecule has 4 nitrogen and oxygen atoms in total. The average molecular weight is 558 g/mol. The van der Waals surface area contributed by atoms with Crippen molar-refractivity contribution in [2.45, 2.75) is 69.5 Å². The van der Waals surface area contributed by atoms with Crippen LogP contribution in [0.2, 0.25) is 0 Å². The van der Waals surface area contributed by atoms with E-state index >= 15 is 0 Å². The van der Waals surface area contributed by atoms with Gasteiger partial charge in [-0.2, -0.15) is 26.3 Å². The molecule has 0 spiro atoms. The third-order valence-electron chi connectivity index (χ3n) is 7.94. The van der Waals surface area contributed by atoms with Gasteiger partial charge in [0.1, 0.15) is 5.75 Å². The molecule has 2 fully saturated rings. The van der Waals surface area contributed by atoms with Crippen molar-refractivity contribution in [1.29, 1.82) is 0 Å². The molecule has 10 heteroatoms. The van der Waals surface area contributed by atoms with Crippen LogP contribution in [0.5, 0.6) is 5.75 Å². The van der Waals surface area contributed by atoms with Crippen LogP contribution in [-0.2, 0) is 18.9 Å². The number of para-hydroxylation sites is 1. The topological polar surface area (TPSA) is 27.7 Å². The molecule has 4 rings (SSSR count). The zero-order chi connectivity index (χ0) is 28.0. The standard InChI is InChI=1S/C29H37F6N3O/c1-39-27-11-7-6-10-25(27)26(38-14-12-37(13-15-38)24-8-4-2-3-5-9-24)20-36-19-21-16-22(28(30,31)32)18-23(17-21)29(33,34)35/h6-7,10-11,16-18,24,26,36H,2-5,8-9,12-15,19-20H2,1H3. The molecule has 1 N–H and O–H groups in total. The van der Waals surface area contributed by atoms with E-state index in [0.717, 1.165) is 43.9 Å². The van der Waals surface area contributed by atoms with Crippen molar-refractivity contribution in [1.82, 2.24) is 15.1 Å². The summed E-state index contributed by atoms with van der Waals surface area (Å²) in [7, 11) is 1.59. The third-order valence-corrected chi connectivity index (χ3v) is 7.94. The molecule has 0 aromatic heterocycles. The molecular formula is C29H37F6N3O. The van der Waals surface area contributed by atoms with Crippen molar-refractivity contribution in [3.8, 4) is 5.75 Å². The number of nitrogens with zero attached hydrogens (tertiary/aromatic N) is 2. The summed E-state index contributed by atoms with van der Waals surface area (Å²) in [4.78, 5) is 4.92. The van der Waals surface area contributed by atoms with Gasteiger partial charge in [-0.15, -0.1) is 0 Å². The molecule has 1 aliphatic heterocycles. The molecule has 1 atom stereocenters. The second kappa shape index (κ2) is 12.9. The van der Waals surface area contributed by atoms with Crippen molar-refractivity contribution in [2.24, 2.45) is 0 Å². The Labute approximate surface area is 226 Å². The molecule has 216 valence electrons. The van der Waals surface area contributed by atoms with Crippen LogP contribution in [0.1, 0.15) is 66.8 Å². The van der Waals surface area contributed by atoms with Gasteiger partial charge in [-0.3, -0.25) is 9.80 Å². The van der Waals surface area contributed by atoms with Crippen LogP contribution in [-0.4, -0.2) is 55.7 Å². The molecule has 1 saturated heterocycles. The Hall–Kier alpha value is -2.30. The molecule has 1 unspecified atom stereocenters. The van der Waals surface area contributed by atoms with Crippen LogP contribution in [0.25, 0.3) is 0 Å². The smallest absolute Gasteiger partial charge is 0.416 e. The molecule has 39 heavy (non-hydrogen) atoms. The van der Waals surface area contributed by atoms with Gasteiger partial charge in [-0.05, 0) is 42.7 Å². The van der Waals surface area contributed by atoms with Gasteiger partial charge in [0.15, 0.2) is 0 Å². The number of piperazine rings is 1. The summed E-state index contributed by atoms with van der Waals surface area (Å²) in [5, 5.41) is 3.14. The Kier molecular flexibility index (Phi) is 9.82. The van der Waals surface area contributed by atoms with Gasteiger partial charge in [0.25, 0.3) is 0 Å². The Morgan fingerprint density at radius 2 is 1.44 bits per heavy atom. The highest BCUT2D eigenvalue weighted by Gasteiger charge is 2.37. The summed E-state index contributed by atoms with van der Waals surface area (Å²) in [5.74, 6) is 0.703. The Bertz CT molecular complexity index is 1030. The van der Waals surface area contributed by atoms with E-state index in [1.807, 2.05) is 24.3 Å². The highest BCUT2D eigenvalue weighted by Crippen LogP contribution is 2.37. The normalized spacial score (nSPS) is 19.6. The lowest BCUT2D eigenvalue weighted by molar-refractivity contribution is -0.143. The van der Waals surface area contributed by atoms with E-state index in [9.17, 15) is 26.3 Å². The summed E-state index contributed by atoms with van der Waals surface area (Å²) in [5.41, 5.74) is -1.72. The van der Waals surface area contributed by atoms with Crippen molar-refractivity contribution in [2.75, 3.05) is 39.8 Å². The second-order valence-corrected chi connectivity index (χ2v) is 10.5. The highest BCUT2D eigenvalue weighted by atomic mass is 19.4. The van der Waals surface area contributed by atoms with Crippen molar-refractivity contribution >= 4 is 0 Å². The van der Waals surface area contributed by atoms with E-state index in [1.165, 1.54) is 38.5 Å². The average Bonchev–Trinajstić information content (AvgIpc) is 3.20. The number of halogens is 6. The predicted molar refractivity (Wildman–Crippen MR) is 139 cm³/mol. The molecular weight excluding hydrogens is 520 g/mol. The molecule has 0 bridgehead atoms. The Morgan fingerprint density at radius 1 is 0.846 bits per heavy atom. The first-order valence-electron chi connectivity index (χ1n) is 13.7. The zero-order valence-electron chi connectivity index (χ0n) is 22.3. The molecule has 1 aliphatic carbocycles. The maximum Gasteiger partial charge on any atom is 0.416 e. The minimum Gasteiger partial charge on any atom is -0.496 e. The van der Waals surface area contributed by atoms with E-state index in [2.05, 4.69) is 15.1 Å². The fourth-order valence-electron chi connectivity index (χ4n) is 5.89. The monoisotopic (exact) mass is 557 g/mol. The number of ether oxygens (including phenoxy) is 1. The molecule has 0 amide bonds. The largest absolute Gasteiger partial charge is 0.496 e. The zero-order valence-corrected chi connectivity index (χ0v) is 22.3. The maximum absolute atomic E-state index is 13.3. The SMILES string of the molecule is COc1ccccc1C(CNCc1cc(C(F)(F)F)cc(C(F)(F)F)c1)N1CCN(C2CCCCCC2)CC1. The maximum atomic E-state index is 13.3. The first kappa shape index (κ1) is 29.7. The van der Waals surface area contributed by atoms with Gasteiger partial charge in [-0.1, -0.05) is 43.9 Å². The number of benzene rings is 2. The van der Waals surface area contributed by atoms with E-state index in [1.54, 1.807) is 7.11 Å². The number of rotatable bonds is 8. The van der Waals surface area contributed by atoms with Gasteiger partial charge in [0.05, 0.1) is 24.3 Å². The number of hydrogen-bond acceptors (Lipinski definition) is 4. The number of hydrogen-bond donors (Lipinski definition) is 1. The quantitative estimate of drug-likeness (QED) is 0.282. The lowest BCUT2D eigenvalue weighted by Crippen LogP contribution is -2.52. The molecule has 1 saturated carbocycles. The predicted octanol–water partition coefficient (Wildman–Crippen LogP) is 6.90. The van der Waals surface area contributed by atoms with E-state index < -0.39 is 23.5 Å². The van der Waals surface area contributed by atoms with Gasteiger partial charge < -0.3 is 10.1 Å². The fourth-order valence-corrected chi connectivity index (χ4v) is 5.89. The summed E-state index contributed by atoms with van der Waals surface area (Å²) >= 11 is 0. The van der Waals surface area contributed by atoms with E-state index in [-0.39, 0.29) is 24.2 Å². The van der Waals surface area contributed by atoms with Gasteiger partial charge in [0, 0.05) is 50.9 Å². The minimum absolute atomic E-state index is 0.0610. The first-order valence-corrected chi connectivity index (χ1v) is 13.7. The van der Waals surface area contributed by atoms with Crippen LogP contribution in [0.3, 0.4) is 0 Å². The van der Waals surface area contributed by atoms with Gasteiger partial charge >= 0.3 is 12.4 Å². The summed E-state index contributed by atoms with van der Waals surface area (Å²) in [6.07, 6.45) is -2.14. The van der Waals surface area contributed by atoms with Crippen LogP contribution >= 0.6 is 0 Å². The van der Waals surface area contributed by atoms with Crippen LogP contribution in [0.4, 0.5) is 26.3 Å². The first-order chi connectivity index (χ1) is 18.6. The van der Waals surface area contributed by atoms with Gasteiger partial charge in [-0.25, -0.2) is 0 Å². The van der Waals surface area contributed by atoms with Crippen molar-refractivity contribution < 1.29 is 31.1 Å². The molecule has 1 heterocycles. The molecule has 2 aliphatic rings. The molecule has 0 radical (unpaired) electrons. The number of methoxy groups -OCH3 is 1. The fraction of sp³-hybridized carbons (Fsp3) is 0.586. The number of alkyl halides is 6. The lowest BCUT2D eigenvalue weighted by atomic mass is 10.0. The van der Waals surface area contributed by atoms with E-state index in [4.69, 9.17) is 4.74 Å². The Morgan fingerprint density at radius 3 is 2.00 bits per heavy atom. The van der Waals surface area contributed by atoms with Crippen LogP contribution in [0, 0.1) is 0 Å². The third kappa shape index (κ3) is 7.89. The van der Waals surface area contributed by atoms with Gasteiger partial charge in [0.2, 0.25) is 0 Å². The summed E-state index contributed by atoms with van der Waals surface area (Å²) in [6.45, 7) is 3.73. The Balaban J connectivity index is 1.49.